The van der Waals surface area contributed by atoms with E-state index in [9.17, 15) is 0 Å². The Labute approximate surface area is 68.3 Å². The molecule has 3 heteroatoms. The Balaban J connectivity index is 0. The second-order valence-corrected chi connectivity index (χ2v) is 0. The summed E-state index contributed by atoms with van der Waals surface area (Å²) in [5.41, 5.74) is 0. The number of hydrogen-bond donors (Lipinski definition) is 0. The summed E-state index contributed by atoms with van der Waals surface area (Å²) >= 11 is 0. The predicted octanol–water partition coefficient (Wildman–Crippen LogP) is -0.553. The quantitative estimate of drug-likeness (QED) is 0.446. The van der Waals surface area contributed by atoms with E-state index in [-0.39, 0.29) is 68.9 Å². The van der Waals surface area contributed by atoms with Crippen molar-refractivity contribution in [3.63, 3.8) is 0 Å². The number of hydrogen-bond acceptors (Lipinski definition) is 0. The van der Waals surface area contributed by atoms with Gasteiger partial charge < -0.3 is 0 Å². The predicted molar refractivity (Wildman–Crippen MR) is 16.7 cm³/mol. The molecule has 23 valence electrons. The van der Waals surface area contributed by atoms with Crippen LogP contribution >= 0.6 is 0 Å². The van der Waals surface area contributed by atoms with Gasteiger partial charge in [0.25, 0.3) is 0 Å². The van der Waals surface area contributed by atoms with Crippen molar-refractivity contribution >= 4 is 17.4 Å². The van der Waals surface area contributed by atoms with Gasteiger partial charge in [-0.25, -0.2) is 0 Å². The molecule has 0 saturated carbocycles. The van der Waals surface area contributed by atoms with Crippen LogP contribution in [-0.2, 0) is 44.1 Å². The van der Waals surface area contributed by atoms with Gasteiger partial charge in [-0.1, -0.05) is 7.43 Å². The van der Waals surface area contributed by atoms with Crippen LogP contribution in [-0.4, -0.2) is 17.4 Å². The topological polar surface area (TPSA) is 0 Å². The molecule has 0 aromatic carbocycles. The molecule has 0 aromatic heterocycles. The molecule has 0 atom stereocenters. The van der Waals surface area contributed by atoms with Gasteiger partial charge in [-0.3, -0.25) is 0 Å². The average Bonchev–Trinajstić information content (AvgIpc) is 0. The van der Waals surface area contributed by atoms with E-state index >= 15 is 0 Å². The van der Waals surface area contributed by atoms with Crippen LogP contribution in [0.2, 0.25) is 0 Å². The molecule has 0 aromatic rings. The summed E-state index contributed by atoms with van der Waals surface area (Å²) in [6.45, 7) is 0. The molecule has 0 unspecified atom stereocenters. The monoisotopic (exact) mass is 187 g/mol. The fourth-order valence-corrected chi connectivity index (χ4v) is 0. The maximum Gasteiger partial charge on any atom is 0.187 e. The molecule has 0 aliphatic carbocycles. The summed E-state index contributed by atoms with van der Waals surface area (Å²) in [4.78, 5) is 0. The van der Waals surface area contributed by atoms with Crippen LogP contribution in [0.1, 0.15) is 7.43 Å². The normalized spacial score (nSPS) is 0. The van der Waals surface area contributed by atoms with Crippen LogP contribution in [0.25, 0.3) is 0 Å². The van der Waals surface area contributed by atoms with E-state index in [1.54, 1.807) is 0 Å². The van der Waals surface area contributed by atoms with Crippen molar-refractivity contribution in [1.29, 1.82) is 0 Å². The molecule has 0 rings (SSSR count). The van der Waals surface area contributed by atoms with Gasteiger partial charge in [0, 0.05) is 44.1 Å². The molecule has 0 aliphatic heterocycles. The maximum atomic E-state index is 0. The smallest absolute Gasteiger partial charge is 0.0776 e. The van der Waals surface area contributed by atoms with E-state index in [0.29, 0.717) is 0 Å². The molecule has 0 spiro atoms. The van der Waals surface area contributed by atoms with Gasteiger partial charge in [0.2, 0.25) is 0 Å². The zero-order valence-electron chi connectivity index (χ0n) is 0.947. The molecule has 1 radical (unpaired) electrons. The van der Waals surface area contributed by atoms with E-state index < -0.39 is 0 Å². The Bertz CT molecular complexity index is 8.00. The molecule has 4 heavy (non-hydrogen) atoms. The van der Waals surface area contributed by atoms with Gasteiger partial charge >= 0.3 is 0 Å². The van der Waals surface area contributed by atoms with Crippen LogP contribution in [0.5, 0.6) is 0 Å². The molecule has 0 heterocycles. The molecule has 0 fully saturated rings. The van der Waals surface area contributed by atoms with E-state index in [0.717, 1.165) is 0 Å². The van der Waals surface area contributed by atoms with Crippen molar-refractivity contribution in [2.45, 2.75) is 7.43 Å². The average molecular weight is 187 g/mol. The van der Waals surface area contributed by atoms with Gasteiger partial charge in [-0.05, 0) is 0 Å². The van der Waals surface area contributed by atoms with Crippen LogP contribution in [0.3, 0.4) is 0 Å². The summed E-state index contributed by atoms with van der Waals surface area (Å²) in [6.07, 6.45) is 0. The summed E-state index contributed by atoms with van der Waals surface area (Å²) in [6, 6.07) is 0. The van der Waals surface area contributed by atoms with Crippen LogP contribution in [0, 0.1) is 0 Å². The standard InChI is InChI=1S/CH4.Al.Nb.Ti.3H/h1H4;;;;;;. The third kappa shape index (κ3) is 9.01. The van der Waals surface area contributed by atoms with Crippen molar-refractivity contribution in [1.82, 2.24) is 0 Å². The van der Waals surface area contributed by atoms with E-state index in [2.05, 4.69) is 0 Å². The second kappa shape index (κ2) is 20.1. The first-order chi connectivity index (χ1) is 0. The minimum atomic E-state index is 0. The fourth-order valence-electron chi connectivity index (χ4n) is 0. The zero-order valence-corrected chi connectivity index (χ0v) is 4.71. The largest absolute Gasteiger partial charge is 0.187 e. The molecular formula is CH7AlNbTi. The van der Waals surface area contributed by atoms with E-state index in [1.807, 2.05) is 0 Å². The minimum absolute atomic E-state index is 0. The van der Waals surface area contributed by atoms with Crippen LogP contribution in [0.15, 0.2) is 0 Å². The van der Waals surface area contributed by atoms with E-state index in [1.165, 1.54) is 0 Å². The van der Waals surface area contributed by atoms with Crippen LogP contribution < -0.4 is 0 Å². The maximum absolute atomic E-state index is 0. The summed E-state index contributed by atoms with van der Waals surface area (Å²) in [5, 5.41) is 0. The number of rotatable bonds is 0. The Kier molecular flexibility index (Phi) is 189. The zero-order chi connectivity index (χ0) is 0. The molecular weight excluding hydrogens is 180 g/mol. The fraction of sp³-hybridized carbons (Fsp3) is 1.00. The Hall–Kier alpha value is 1.99. The van der Waals surface area contributed by atoms with Gasteiger partial charge in [-0.15, -0.1) is 0 Å². The first-order valence-electron chi connectivity index (χ1n) is 0. The van der Waals surface area contributed by atoms with Gasteiger partial charge in [0.1, 0.15) is 0 Å². The SMILES string of the molecule is C.[AlH3].[Nb].[Ti]. The molecule has 0 bridgehead atoms. The summed E-state index contributed by atoms with van der Waals surface area (Å²) in [7, 11) is 0. The van der Waals surface area contributed by atoms with Crippen molar-refractivity contribution in [2.75, 3.05) is 0 Å². The van der Waals surface area contributed by atoms with E-state index in [4.69, 9.17) is 0 Å². The third-order valence-electron chi connectivity index (χ3n) is 0. The molecule has 0 aliphatic rings. The molecule has 0 N–H and O–H groups in total. The first kappa shape index (κ1) is 37.7. The Morgan fingerprint density at radius 3 is 1.00 bits per heavy atom. The van der Waals surface area contributed by atoms with Crippen molar-refractivity contribution < 1.29 is 44.1 Å². The van der Waals surface area contributed by atoms with Gasteiger partial charge in [0.15, 0.2) is 17.4 Å². The first-order valence-corrected chi connectivity index (χ1v) is 0. The third-order valence-corrected chi connectivity index (χ3v) is 0. The Morgan fingerprint density at radius 1 is 1.00 bits per heavy atom. The van der Waals surface area contributed by atoms with Crippen molar-refractivity contribution in [2.24, 2.45) is 0 Å². The molecule has 0 saturated heterocycles. The molecule has 0 nitrogen and oxygen atoms in total. The minimum Gasteiger partial charge on any atom is -0.0776 e. The van der Waals surface area contributed by atoms with Gasteiger partial charge in [0.05, 0.1) is 0 Å². The second-order valence-electron chi connectivity index (χ2n) is 0. The van der Waals surface area contributed by atoms with Gasteiger partial charge in [-0.2, -0.15) is 0 Å². The summed E-state index contributed by atoms with van der Waals surface area (Å²) < 4.78 is 0. The Morgan fingerprint density at radius 2 is 1.00 bits per heavy atom. The van der Waals surface area contributed by atoms with Crippen molar-refractivity contribution in [3.05, 3.63) is 0 Å². The summed E-state index contributed by atoms with van der Waals surface area (Å²) in [5.74, 6) is 0. The van der Waals surface area contributed by atoms with Crippen LogP contribution in [0.4, 0.5) is 0 Å². The molecule has 0 amide bonds. The van der Waals surface area contributed by atoms with Crippen molar-refractivity contribution in [3.8, 4) is 0 Å².